The van der Waals surface area contributed by atoms with Gasteiger partial charge >= 0.3 is 5.97 Å². The normalized spacial score (nSPS) is 10.0. The topological polar surface area (TPSA) is 108 Å². The highest BCUT2D eigenvalue weighted by Crippen LogP contribution is 2.25. The minimum absolute atomic E-state index is 0.0212. The Labute approximate surface area is 151 Å². The summed E-state index contributed by atoms with van der Waals surface area (Å²) >= 11 is 3.02. The Morgan fingerprint density at radius 3 is 2.48 bits per heavy atom. The first-order valence-electron chi connectivity index (χ1n) is 6.95. The molecular formula is C16H13BrN2O6. The Balaban J connectivity index is 1.93. The summed E-state index contributed by atoms with van der Waals surface area (Å²) in [5.74, 6) is -0.730. The van der Waals surface area contributed by atoms with Crippen LogP contribution in [0.4, 0.5) is 11.4 Å². The molecule has 1 amide bonds. The minimum Gasteiger partial charge on any atom is -0.497 e. The number of methoxy groups -OCH3 is 1. The number of hydrogen-bond donors (Lipinski definition) is 1. The van der Waals surface area contributed by atoms with Crippen molar-refractivity contribution in [3.63, 3.8) is 0 Å². The summed E-state index contributed by atoms with van der Waals surface area (Å²) in [5, 5.41) is 13.4. The molecule has 2 aromatic carbocycles. The maximum absolute atomic E-state index is 11.9. The van der Waals surface area contributed by atoms with Gasteiger partial charge in [-0.15, -0.1) is 0 Å². The first-order chi connectivity index (χ1) is 11.9. The second-order valence-electron chi connectivity index (χ2n) is 4.78. The van der Waals surface area contributed by atoms with E-state index < -0.39 is 23.4 Å². The average Bonchev–Trinajstić information content (AvgIpc) is 2.60. The van der Waals surface area contributed by atoms with E-state index in [0.717, 1.165) is 6.07 Å². The summed E-state index contributed by atoms with van der Waals surface area (Å²) in [4.78, 5) is 33.9. The number of benzene rings is 2. The Bertz CT molecular complexity index is 807. The molecule has 2 rings (SSSR count). The zero-order valence-electron chi connectivity index (χ0n) is 13.0. The van der Waals surface area contributed by atoms with Crippen LogP contribution in [0, 0.1) is 10.1 Å². The molecule has 0 radical (unpaired) electrons. The van der Waals surface area contributed by atoms with Crippen molar-refractivity contribution in [3.05, 3.63) is 62.6 Å². The van der Waals surface area contributed by atoms with Gasteiger partial charge in [-0.2, -0.15) is 0 Å². The van der Waals surface area contributed by atoms with E-state index in [1.54, 1.807) is 24.3 Å². The van der Waals surface area contributed by atoms with Crippen LogP contribution in [0.15, 0.2) is 46.9 Å². The van der Waals surface area contributed by atoms with Crippen LogP contribution < -0.4 is 10.1 Å². The Morgan fingerprint density at radius 1 is 1.20 bits per heavy atom. The van der Waals surface area contributed by atoms with Gasteiger partial charge in [-0.25, -0.2) is 4.79 Å². The van der Waals surface area contributed by atoms with E-state index in [0.29, 0.717) is 11.4 Å². The number of rotatable bonds is 6. The van der Waals surface area contributed by atoms with Gasteiger partial charge in [0.2, 0.25) is 0 Å². The summed E-state index contributed by atoms with van der Waals surface area (Å²) in [6.07, 6.45) is 0. The molecule has 9 heteroatoms. The SMILES string of the molecule is COc1ccc(NC(=O)COC(=O)c2ccc(Br)c([N+](=O)[O-])c2)cc1. The largest absolute Gasteiger partial charge is 0.497 e. The number of nitro groups is 1. The van der Waals surface area contributed by atoms with Crippen LogP contribution in [-0.2, 0) is 9.53 Å². The van der Waals surface area contributed by atoms with Gasteiger partial charge in [0, 0.05) is 11.8 Å². The first kappa shape index (κ1) is 18.4. The van der Waals surface area contributed by atoms with E-state index in [-0.39, 0.29) is 15.7 Å². The summed E-state index contributed by atoms with van der Waals surface area (Å²) in [5.41, 5.74) is 0.227. The van der Waals surface area contributed by atoms with Crippen LogP contribution in [0.3, 0.4) is 0 Å². The molecule has 8 nitrogen and oxygen atoms in total. The minimum atomic E-state index is -0.833. The van der Waals surface area contributed by atoms with Gasteiger partial charge in [0.05, 0.1) is 22.1 Å². The molecule has 0 saturated carbocycles. The molecule has 0 unspecified atom stereocenters. The van der Waals surface area contributed by atoms with Gasteiger partial charge < -0.3 is 14.8 Å². The lowest BCUT2D eigenvalue weighted by atomic mass is 10.2. The molecule has 0 aromatic heterocycles. The molecule has 25 heavy (non-hydrogen) atoms. The zero-order valence-corrected chi connectivity index (χ0v) is 14.6. The molecule has 0 fully saturated rings. The third kappa shape index (κ3) is 5.01. The molecule has 1 N–H and O–H groups in total. The van der Waals surface area contributed by atoms with Crippen molar-refractivity contribution < 1.29 is 24.0 Å². The summed E-state index contributed by atoms with van der Waals surface area (Å²) < 4.78 is 10.1. The highest BCUT2D eigenvalue weighted by Gasteiger charge is 2.17. The Morgan fingerprint density at radius 2 is 1.88 bits per heavy atom. The van der Waals surface area contributed by atoms with E-state index in [4.69, 9.17) is 9.47 Å². The van der Waals surface area contributed by atoms with Crippen LogP contribution >= 0.6 is 15.9 Å². The second kappa shape index (κ2) is 8.25. The Kier molecular flexibility index (Phi) is 6.07. The lowest BCUT2D eigenvalue weighted by Crippen LogP contribution is -2.20. The number of nitro benzene ring substituents is 1. The number of nitrogens with zero attached hydrogens (tertiary/aromatic N) is 1. The monoisotopic (exact) mass is 408 g/mol. The number of halogens is 1. The predicted octanol–water partition coefficient (Wildman–Crippen LogP) is 3.16. The fourth-order valence-electron chi connectivity index (χ4n) is 1.87. The molecule has 0 saturated heterocycles. The second-order valence-corrected chi connectivity index (χ2v) is 5.63. The number of carbonyl (C=O) groups excluding carboxylic acids is 2. The number of amides is 1. The maximum atomic E-state index is 11.9. The van der Waals surface area contributed by atoms with E-state index in [1.165, 1.54) is 19.2 Å². The molecular weight excluding hydrogens is 396 g/mol. The standard InChI is InChI=1S/C16H13BrN2O6/c1-24-12-5-3-11(4-6-12)18-15(20)9-25-16(21)10-2-7-13(17)14(8-10)19(22)23/h2-8H,9H2,1H3,(H,18,20). The van der Waals surface area contributed by atoms with Crippen molar-refractivity contribution in [1.82, 2.24) is 0 Å². The molecule has 0 atom stereocenters. The van der Waals surface area contributed by atoms with E-state index in [2.05, 4.69) is 21.2 Å². The molecule has 130 valence electrons. The summed E-state index contributed by atoms with van der Waals surface area (Å²) in [7, 11) is 1.53. The number of ether oxygens (including phenoxy) is 2. The molecule has 0 aliphatic heterocycles. The molecule has 0 spiro atoms. The van der Waals surface area contributed by atoms with Gasteiger partial charge in [0.1, 0.15) is 5.75 Å². The van der Waals surface area contributed by atoms with E-state index in [1.807, 2.05) is 0 Å². The fourth-order valence-corrected chi connectivity index (χ4v) is 2.26. The van der Waals surface area contributed by atoms with E-state index in [9.17, 15) is 19.7 Å². The maximum Gasteiger partial charge on any atom is 0.338 e. The summed E-state index contributed by atoms with van der Waals surface area (Å²) in [6, 6.07) is 10.4. The quantitative estimate of drug-likeness (QED) is 0.446. The fraction of sp³-hybridized carbons (Fsp3) is 0.125. The third-order valence-corrected chi connectivity index (χ3v) is 3.76. The van der Waals surface area contributed by atoms with Crippen molar-refractivity contribution >= 4 is 39.2 Å². The van der Waals surface area contributed by atoms with Gasteiger partial charge in [0.25, 0.3) is 11.6 Å². The van der Waals surface area contributed by atoms with Crippen LogP contribution in [0.1, 0.15) is 10.4 Å². The zero-order chi connectivity index (χ0) is 18.4. The summed E-state index contributed by atoms with van der Waals surface area (Å²) in [6.45, 7) is -0.519. The first-order valence-corrected chi connectivity index (χ1v) is 7.75. The number of carbonyl (C=O) groups is 2. The van der Waals surface area contributed by atoms with Gasteiger partial charge in [0.15, 0.2) is 6.61 Å². The molecule has 2 aromatic rings. The van der Waals surface area contributed by atoms with Crippen molar-refractivity contribution in [2.24, 2.45) is 0 Å². The third-order valence-electron chi connectivity index (χ3n) is 3.09. The van der Waals surface area contributed by atoms with Gasteiger partial charge in [-0.05, 0) is 52.3 Å². The van der Waals surface area contributed by atoms with Gasteiger partial charge in [-0.3, -0.25) is 14.9 Å². The molecule has 0 bridgehead atoms. The number of esters is 1. The Hall–Kier alpha value is -2.94. The van der Waals surface area contributed by atoms with E-state index >= 15 is 0 Å². The molecule has 0 aliphatic rings. The van der Waals surface area contributed by atoms with Crippen LogP contribution in [0.25, 0.3) is 0 Å². The van der Waals surface area contributed by atoms with Crippen molar-refractivity contribution in [2.75, 3.05) is 19.0 Å². The molecule has 0 heterocycles. The predicted molar refractivity (Wildman–Crippen MR) is 92.7 cm³/mol. The van der Waals surface area contributed by atoms with Crippen LogP contribution in [-0.4, -0.2) is 30.5 Å². The smallest absolute Gasteiger partial charge is 0.338 e. The molecule has 0 aliphatic carbocycles. The lowest BCUT2D eigenvalue weighted by molar-refractivity contribution is -0.385. The number of anilines is 1. The van der Waals surface area contributed by atoms with Crippen LogP contribution in [0.5, 0.6) is 5.75 Å². The lowest BCUT2D eigenvalue weighted by Gasteiger charge is -2.07. The van der Waals surface area contributed by atoms with Crippen molar-refractivity contribution in [3.8, 4) is 5.75 Å². The number of nitrogens with one attached hydrogen (secondary N) is 1. The highest BCUT2D eigenvalue weighted by atomic mass is 79.9. The van der Waals surface area contributed by atoms with Crippen LogP contribution in [0.2, 0.25) is 0 Å². The highest BCUT2D eigenvalue weighted by molar-refractivity contribution is 9.10. The van der Waals surface area contributed by atoms with Crippen molar-refractivity contribution in [2.45, 2.75) is 0 Å². The van der Waals surface area contributed by atoms with Crippen molar-refractivity contribution in [1.29, 1.82) is 0 Å². The van der Waals surface area contributed by atoms with Gasteiger partial charge in [-0.1, -0.05) is 0 Å². The number of hydrogen-bond acceptors (Lipinski definition) is 6. The average molecular weight is 409 g/mol.